The normalized spacial score (nSPS) is 10.7. The number of methoxy groups -OCH3 is 1. The van der Waals surface area contributed by atoms with Gasteiger partial charge in [-0.1, -0.05) is 12.1 Å². The highest BCUT2D eigenvalue weighted by molar-refractivity contribution is 6.07. The van der Waals surface area contributed by atoms with E-state index in [9.17, 15) is 9.59 Å². The summed E-state index contributed by atoms with van der Waals surface area (Å²) in [5, 5.41) is 12.4. The summed E-state index contributed by atoms with van der Waals surface area (Å²) in [5.41, 5.74) is 8.23. The topological polar surface area (TPSA) is 142 Å². The van der Waals surface area contributed by atoms with Gasteiger partial charge < -0.3 is 35.1 Å². The number of rotatable bonds is 12. The summed E-state index contributed by atoms with van der Waals surface area (Å²) in [6, 6.07) is 10.3. The Balaban J connectivity index is 1.66. The van der Waals surface area contributed by atoms with Crippen LogP contribution in [0.25, 0.3) is 10.9 Å². The third-order valence-corrected chi connectivity index (χ3v) is 5.32. The zero-order valence-electron chi connectivity index (χ0n) is 20.6. The van der Waals surface area contributed by atoms with Crippen LogP contribution >= 0.6 is 0 Å². The fourth-order valence-electron chi connectivity index (χ4n) is 3.72. The summed E-state index contributed by atoms with van der Waals surface area (Å²) in [6.45, 7) is 4.13. The van der Waals surface area contributed by atoms with Gasteiger partial charge in [0, 0.05) is 6.54 Å². The zero-order valence-corrected chi connectivity index (χ0v) is 20.6. The Labute approximate surface area is 209 Å². The molecule has 192 valence electrons. The number of aryl methyl sites for hydroxylation is 1. The summed E-state index contributed by atoms with van der Waals surface area (Å²) in [7, 11) is 1.48. The van der Waals surface area contributed by atoms with Crippen molar-refractivity contribution in [1.82, 2.24) is 10.3 Å². The molecule has 10 nitrogen and oxygen atoms in total. The molecule has 4 N–H and O–H groups in total. The van der Waals surface area contributed by atoms with E-state index in [4.69, 9.17) is 29.8 Å². The highest BCUT2D eigenvalue weighted by Crippen LogP contribution is 2.34. The van der Waals surface area contributed by atoms with Crippen molar-refractivity contribution in [3.8, 4) is 17.2 Å². The van der Waals surface area contributed by atoms with Gasteiger partial charge in [-0.2, -0.15) is 0 Å². The molecule has 36 heavy (non-hydrogen) atoms. The summed E-state index contributed by atoms with van der Waals surface area (Å²) < 4.78 is 21.8. The van der Waals surface area contributed by atoms with E-state index in [1.807, 2.05) is 0 Å². The molecule has 0 bridgehead atoms. The fourth-order valence-corrected chi connectivity index (χ4v) is 3.72. The van der Waals surface area contributed by atoms with Crippen LogP contribution in [0.3, 0.4) is 0 Å². The van der Waals surface area contributed by atoms with E-state index in [1.54, 1.807) is 50.2 Å². The number of pyridine rings is 1. The van der Waals surface area contributed by atoms with Gasteiger partial charge in [0.15, 0.2) is 11.5 Å². The monoisotopic (exact) mass is 497 g/mol. The lowest BCUT2D eigenvalue weighted by atomic mass is 10.1. The lowest BCUT2D eigenvalue weighted by Crippen LogP contribution is -2.26. The van der Waals surface area contributed by atoms with Gasteiger partial charge in [0.25, 0.3) is 5.91 Å². The van der Waals surface area contributed by atoms with E-state index in [1.165, 1.54) is 7.11 Å². The number of amides is 1. The fraction of sp³-hybridized carbons (Fsp3) is 0.346. The number of nitrogens with two attached hydrogens (primary N) is 1. The van der Waals surface area contributed by atoms with Gasteiger partial charge >= 0.3 is 5.97 Å². The molecule has 10 heteroatoms. The molecule has 0 saturated heterocycles. The third kappa shape index (κ3) is 5.95. The van der Waals surface area contributed by atoms with E-state index in [0.717, 1.165) is 0 Å². The first-order valence-corrected chi connectivity index (χ1v) is 11.6. The first kappa shape index (κ1) is 26.6. The number of aromatic nitrogens is 1. The molecule has 0 radical (unpaired) electrons. The van der Waals surface area contributed by atoms with Crippen molar-refractivity contribution in [2.75, 3.05) is 45.8 Å². The van der Waals surface area contributed by atoms with Gasteiger partial charge in [-0.15, -0.1) is 0 Å². The first-order valence-electron chi connectivity index (χ1n) is 11.6. The lowest BCUT2D eigenvalue weighted by Gasteiger charge is -2.15. The van der Waals surface area contributed by atoms with E-state index < -0.39 is 5.97 Å². The largest absolute Gasteiger partial charge is 0.493 e. The molecule has 0 aliphatic carbocycles. The van der Waals surface area contributed by atoms with E-state index in [2.05, 4.69) is 10.3 Å². The summed E-state index contributed by atoms with van der Waals surface area (Å²) in [5.74, 6) is 0.296. The van der Waals surface area contributed by atoms with Crippen molar-refractivity contribution in [2.24, 2.45) is 0 Å². The second kappa shape index (κ2) is 12.6. The van der Waals surface area contributed by atoms with Gasteiger partial charge in [-0.3, -0.25) is 9.78 Å². The minimum atomic E-state index is -0.528. The molecule has 0 aliphatic rings. The number of nitrogens with one attached hydrogen (secondary N) is 1. The number of hydrogen-bond acceptors (Lipinski definition) is 9. The van der Waals surface area contributed by atoms with Gasteiger partial charge in [-0.05, 0) is 44.5 Å². The maximum Gasteiger partial charge on any atom is 0.342 e. The Morgan fingerprint density at radius 2 is 1.83 bits per heavy atom. The predicted molar refractivity (Wildman–Crippen MR) is 135 cm³/mol. The number of carbonyl (C=O) groups excluding carboxylic acids is 2. The highest BCUT2D eigenvalue weighted by Gasteiger charge is 2.21. The molecule has 3 rings (SSSR count). The molecular weight excluding hydrogens is 466 g/mol. The number of fused-ring (bicyclic) bond motifs is 1. The van der Waals surface area contributed by atoms with Crippen molar-refractivity contribution >= 4 is 28.5 Å². The molecular formula is C26H31N3O7. The summed E-state index contributed by atoms with van der Waals surface area (Å²) >= 11 is 0. The Hall–Kier alpha value is -4.05. The smallest absolute Gasteiger partial charge is 0.342 e. The minimum absolute atomic E-state index is 0.0366. The van der Waals surface area contributed by atoms with Crippen LogP contribution in [-0.4, -0.2) is 62.0 Å². The van der Waals surface area contributed by atoms with Crippen molar-refractivity contribution in [3.05, 3.63) is 53.2 Å². The molecule has 3 aromatic rings. The molecule has 0 unspecified atom stereocenters. The average molecular weight is 498 g/mol. The summed E-state index contributed by atoms with van der Waals surface area (Å²) in [4.78, 5) is 29.6. The van der Waals surface area contributed by atoms with Crippen molar-refractivity contribution in [2.45, 2.75) is 20.3 Å². The molecule has 0 aliphatic heterocycles. The van der Waals surface area contributed by atoms with E-state index in [-0.39, 0.29) is 49.3 Å². The number of hydrogen-bond donors (Lipinski definition) is 3. The molecule has 0 fully saturated rings. The predicted octanol–water partition coefficient (Wildman–Crippen LogP) is 2.88. The van der Waals surface area contributed by atoms with Gasteiger partial charge in [-0.25, -0.2) is 4.79 Å². The Bertz CT molecular complexity index is 1230. The molecule has 0 atom stereocenters. The van der Waals surface area contributed by atoms with E-state index in [0.29, 0.717) is 46.6 Å². The maximum absolute atomic E-state index is 12.7. The Morgan fingerprint density at radius 3 is 2.56 bits per heavy atom. The quantitative estimate of drug-likeness (QED) is 0.254. The number of esters is 1. The van der Waals surface area contributed by atoms with Crippen LogP contribution in [0.1, 0.15) is 39.8 Å². The molecule has 1 heterocycles. The first-order chi connectivity index (χ1) is 17.4. The number of aliphatic hydroxyl groups is 1. The van der Waals surface area contributed by atoms with Crippen molar-refractivity contribution < 1.29 is 33.6 Å². The average Bonchev–Trinajstić information content (AvgIpc) is 2.86. The highest BCUT2D eigenvalue weighted by atomic mass is 16.5. The minimum Gasteiger partial charge on any atom is -0.493 e. The van der Waals surface area contributed by atoms with Crippen LogP contribution in [0.5, 0.6) is 17.2 Å². The Kier molecular flexibility index (Phi) is 9.29. The number of benzene rings is 2. The molecule has 0 saturated carbocycles. The summed E-state index contributed by atoms with van der Waals surface area (Å²) in [6.07, 6.45) is 0.503. The number of carbonyl (C=O) groups is 2. The molecule has 1 aromatic heterocycles. The van der Waals surface area contributed by atoms with Crippen LogP contribution < -0.4 is 25.3 Å². The third-order valence-electron chi connectivity index (χ3n) is 5.32. The van der Waals surface area contributed by atoms with Gasteiger partial charge in [0.05, 0.1) is 54.8 Å². The number of nitrogen functional groups attached to an aromatic ring is 1. The van der Waals surface area contributed by atoms with Gasteiger partial charge in [0.1, 0.15) is 17.9 Å². The molecule has 1 amide bonds. The zero-order chi connectivity index (χ0) is 26.1. The second-order valence-corrected chi connectivity index (χ2v) is 7.72. The molecule has 0 spiro atoms. The van der Waals surface area contributed by atoms with Crippen LogP contribution in [-0.2, 0) is 4.74 Å². The lowest BCUT2D eigenvalue weighted by molar-refractivity contribution is 0.0526. The molecule has 2 aromatic carbocycles. The van der Waals surface area contributed by atoms with E-state index >= 15 is 0 Å². The van der Waals surface area contributed by atoms with Crippen molar-refractivity contribution in [3.63, 3.8) is 0 Å². The van der Waals surface area contributed by atoms with Crippen LogP contribution in [0.2, 0.25) is 0 Å². The maximum atomic E-state index is 12.7. The number of aliphatic hydroxyl groups excluding tert-OH is 1. The Morgan fingerprint density at radius 1 is 1.08 bits per heavy atom. The van der Waals surface area contributed by atoms with Crippen molar-refractivity contribution in [1.29, 1.82) is 0 Å². The van der Waals surface area contributed by atoms with Crippen LogP contribution in [0, 0.1) is 6.92 Å². The van der Waals surface area contributed by atoms with Crippen LogP contribution in [0.4, 0.5) is 5.69 Å². The number of para-hydroxylation sites is 1. The second-order valence-electron chi connectivity index (χ2n) is 7.72. The van der Waals surface area contributed by atoms with Gasteiger partial charge in [0.2, 0.25) is 0 Å². The number of anilines is 1. The standard InChI is InChI=1S/C26H31N3O7/c1-4-34-26(32)21-16(2)29-18-9-6-10-19(22(18)23(21)27)35-14-7-12-28-25(31)17-8-5-11-20(33-3)24(17)36-15-13-30/h5-6,8-11,30H,4,7,12-15H2,1-3H3,(H2,27,29)(H,28,31). The number of ether oxygens (including phenoxy) is 4. The van der Waals surface area contributed by atoms with Crippen LogP contribution in [0.15, 0.2) is 36.4 Å². The number of nitrogens with zero attached hydrogens (tertiary/aromatic N) is 1. The SMILES string of the molecule is CCOC(=O)c1c(C)nc2cccc(OCCCNC(=O)c3cccc(OC)c3OCCO)c2c1N.